The Morgan fingerprint density at radius 2 is 1.46 bits per heavy atom. The lowest BCUT2D eigenvalue weighted by Crippen LogP contribution is -2.15. The Kier molecular flexibility index (Phi) is 5.04. The van der Waals surface area contributed by atoms with Gasteiger partial charge in [0.2, 0.25) is 0 Å². The van der Waals surface area contributed by atoms with Gasteiger partial charge in [0.1, 0.15) is 4.90 Å². The van der Waals surface area contributed by atoms with Crippen molar-refractivity contribution >= 4 is 21.7 Å². The van der Waals surface area contributed by atoms with Crippen molar-refractivity contribution in [3.05, 3.63) is 90.0 Å². The largest absolute Gasteiger partial charge is 0.377 e. The highest BCUT2D eigenvalue weighted by molar-refractivity contribution is 7.87. The molecule has 3 rings (SSSR count). The highest BCUT2D eigenvalue weighted by atomic mass is 32.2. The maximum Gasteiger partial charge on any atom is 0.339 e. The van der Waals surface area contributed by atoms with E-state index in [1.165, 1.54) is 18.2 Å². The van der Waals surface area contributed by atoms with Crippen LogP contribution in [0.15, 0.2) is 83.8 Å². The van der Waals surface area contributed by atoms with Gasteiger partial charge in [-0.1, -0.05) is 48.0 Å². The van der Waals surface area contributed by atoms with E-state index in [9.17, 15) is 13.2 Å². The van der Waals surface area contributed by atoms with Gasteiger partial charge in [-0.2, -0.15) is 8.42 Å². The molecule has 0 bridgehead atoms. The van der Waals surface area contributed by atoms with Crippen LogP contribution >= 0.6 is 0 Å². The zero-order chi connectivity index (χ0) is 18.6. The molecule has 1 amide bonds. The number of rotatable bonds is 5. The van der Waals surface area contributed by atoms with Crippen LogP contribution in [0.3, 0.4) is 0 Å². The Balaban J connectivity index is 1.85. The molecule has 0 unspecified atom stereocenters. The maximum absolute atomic E-state index is 12.5. The molecule has 0 saturated carbocycles. The molecule has 0 aromatic heterocycles. The fraction of sp³-hybridized carbons (Fsp3) is 0.0500. The average Bonchev–Trinajstić information content (AvgIpc) is 2.64. The topological polar surface area (TPSA) is 72.5 Å². The van der Waals surface area contributed by atoms with E-state index in [0.29, 0.717) is 5.56 Å². The second-order valence-electron chi connectivity index (χ2n) is 5.67. The highest BCUT2D eigenvalue weighted by Crippen LogP contribution is 2.28. The number of carbonyl (C=O) groups excluding carboxylic acids is 1. The lowest BCUT2D eigenvalue weighted by atomic mass is 10.2. The molecule has 3 aromatic rings. The first kappa shape index (κ1) is 17.7. The number of hydrogen-bond acceptors (Lipinski definition) is 4. The van der Waals surface area contributed by atoms with E-state index >= 15 is 0 Å². The van der Waals surface area contributed by atoms with E-state index in [1.54, 1.807) is 54.6 Å². The van der Waals surface area contributed by atoms with Gasteiger partial charge < -0.3 is 9.50 Å². The summed E-state index contributed by atoms with van der Waals surface area (Å²) in [6.07, 6.45) is 0. The van der Waals surface area contributed by atoms with E-state index in [2.05, 4.69) is 5.32 Å². The van der Waals surface area contributed by atoms with E-state index in [0.717, 1.165) is 5.56 Å². The third-order valence-electron chi connectivity index (χ3n) is 3.68. The molecule has 26 heavy (non-hydrogen) atoms. The second kappa shape index (κ2) is 7.41. The van der Waals surface area contributed by atoms with Crippen LogP contribution in [0.4, 0.5) is 5.69 Å². The van der Waals surface area contributed by atoms with E-state index < -0.39 is 10.1 Å². The lowest BCUT2D eigenvalue weighted by Gasteiger charge is -2.12. The quantitative estimate of drug-likeness (QED) is 0.692. The molecule has 6 heteroatoms. The van der Waals surface area contributed by atoms with Crippen molar-refractivity contribution in [3.8, 4) is 5.75 Å². The zero-order valence-corrected chi connectivity index (χ0v) is 14.9. The molecular formula is C20H17NO4S. The van der Waals surface area contributed by atoms with Gasteiger partial charge in [-0.05, 0) is 43.3 Å². The monoisotopic (exact) mass is 367 g/mol. The van der Waals surface area contributed by atoms with Crippen LogP contribution in [0.5, 0.6) is 5.75 Å². The third kappa shape index (κ3) is 4.10. The Bertz CT molecular complexity index is 1010. The third-order valence-corrected chi connectivity index (χ3v) is 4.93. The van der Waals surface area contributed by atoms with Gasteiger partial charge >= 0.3 is 10.1 Å². The first-order chi connectivity index (χ1) is 12.5. The summed E-state index contributed by atoms with van der Waals surface area (Å²) in [7, 11) is -4.00. The van der Waals surface area contributed by atoms with E-state index in [1.807, 2.05) is 13.0 Å². The summed E-state index contributed by atoms with van der Waals surface area (Å²) in [5, 5.41) is 2.68. The van der Waals surface area contributed by atoms with Crippen LogP contribution in [0.1, 0.15) is 15.9 Å². The molecule has 0 fully saturated rings. The number of nitrogens with one attached hydrogen (secondary N) is 1. The summed E-state index contributed by atoms with van der Waals surface area (Å²) in [4.78, 5) is 12.4. The van der Waals surface area contributed by atoms with Crippen molar-refractivity contribution in [3.63, 3.8) is 0 Å². The van der Waals surface area contributed by atoms with Crippen molar-refractivity contribution in [2.75, 3.05) is 5.32 Å². The molecular weight excluding hydrogens is 350 g/mol. The normalized spacial score (nSPS) is 11.0. The van der Waals surface area contributed by atoms with Crippen molar-refractivity contribution in [1.29, 1.82) is 0 Å². The van der Waals surface area contributed by atoms with Crippen LogP contribution in [-0.4, -0.2) is 14.3 Å². The number of amides is 1. The number of aryl methyl sites for hydroxylation is 1. The Morgan fingerprint density at radius 3 is 2.15 bits per heavy atom. The first-order valence-electron chi connectivity index (χ1n) is 7.92. The molecule has 132 valence electrons. The number of anilines is 1. The molecule has 0 aliphatic heterocycles. The minimum atomic E-state index is -4.00. The number of hydrogen-bond donors (Lipinski definition) is 1. The predicted molar refractivity (Wildman–Crippen MR) is 99.8 cm³/mol. The van der Waals surface area contributed by atoms with Crippen LogP contribution in [0.25, 0.3) is 0 Å². The van der Waals surface area contributed by atoms with Crippen molar-refractivity contribution in [2.45, 2.75) is 11.8 Å². The summed E-state index contributed by atoms with van der Waals surface area (Å²) in [6, 6.07) is 21.4. The average molecular weight is 367 g/mol. The summed E-state index contributed by atoms with van der Waals surface area (Å²) >= 11 is 0. The van der Waals surface area contributed by atoms with Crippen LogP contribution in [0.2, 0.25) is 0 Å². The molecule has 0 radical (unpaired) electrons. The summed E-state index contributed by atoms with van der Waals surface area (Å²) in [6.45, 7) is 1.87. The smallest absolute Gasteiger partial charge is 0.339 e. The van der Waals surface area contributed by atoms with Crippen LogP contribution in [0, 0.1) is 6.92 Å². The number of carbonyl (C=O) groups is 1. The molecule has 0 saturated heterocycles. The zero-order valence-electron chi connectivity index (χ0n) is 14.0. The van der Waals surface area contributed by atoms with Crippen molar-refractivity contribution in [2.24, 2.45) is 0 Å². The Labute approximate surface area is 152 Å². The van der Waals surface area contributed by atoms with E-state index in [-0.39, 0.29) is 22.2 Å². The molecule has 0 heterocycles. The fourth-order valence-corrected chi connectivity index (χ4v) is 3.25. The van der Waals surface area contributed by atoms with Crippen molar-refractivity contribution < 1.29 is 17.4 Å². The maximum atomic E-state index is 12.5. The SMILES string of the molecule is Cc1ccc(S(=O)(=O)Oc2ccccc2NC(=O)c2ccccc2)cc1. The molecule has 0 aliphatic carbocycles. The first-order valence-corrected chi connectivity index (χ1v) is 9.33. The van der Waals surface area contributed by atoms with Crippen LogP contribution in [-0.2, 0) is 10.1 Å². The molecule has 0 spiro atoms. The fourth-order valence-electron chi connectivity index (χ4n) is 2.30. The van der Waals surface area contributed by atoms with Crippen LogP contribution < -0.4 is 9.50 Å². The number of benzene rings is 3. The number of para-hydroxylation sites is 2. The molecule has 5 nitrogen and oxygen atoms in total. The predicted octanol–water partition coefficient (Wildman–Crippen LogP) is 4.02. The summed E-state index contributed by atoms with van der Waals surface area (Å²) < 4.78 is 30.2. The van der Waals surface area contributed by atoms with E-state index in [4.69, 9.17) is 4.18 Å². The minimum Gasteiger partial charge on any atom is -0.377 e. The lowest BCUT2D eigenvalue weighted by molar-refractivity contribution is 0.102. The molecule has 3 aromatic carbocycles. The van der Waals surface area contributed by atoms with Gasteiger partial charge in [0.05, 0.1) is 5.69 Å². The van der Waals surface area contributed by atoms with Gasteiger partial charge in [-0.15, -0.1) is 0 Å². The Hall–Kier alpha value is -3.12. The molecule has 1 N–H and O–H groups in total. The van der Waals surface area contributed by atoms with Gasteiger partial charge in [-0.25, -0.2) is 0 Å². The standard InChI is InChI=1S/C20H17NO4S/c1-15-11-13-17(14-12-15)26(23,24)25-19-10-6-5-9-18(19)21-20(22)16-7-3-2-4-8-16/h2-14H,1H3,(H,21,22). The summed E-state index contributed by atoms with van der Waals surface area (Å²) in [5.74, 6) is -0.299. The summed E-state index contributed by atoms with van der Waals surface area (Å²) in [5.41, 5.74) is 1.68. The Morgan fingerprint density at radius 1 is 0.846 bits per heavy atom. The van der Waals surface area contributed by atoms with Crippen molar-refractivity contribution in [1.82, 2.24) is 0 Å². The minimum absolute atomic E-state index is 0.0484. The van der Waals surface area contributed by atoms with Gasteiger partial charge in [-0.3, -0.25) is 4.79 Å². The van der Waals surface area contributed by atoms with Gasteiger partial charge in [0.25, 0.3) is 5.91 Å². The second-order valence-corrected chi connectivity index (χ2v) is 7.21. The molecule has 0 atom stereocenters. The highest BCUT2D eigenvalue weighted by Gasteiger charge is 2.19. The van der Waals surface area contributed by atoms with Gasteiger partial charge in [0, 0.05) is 5.56 Å². The van der Waals surface area contributed by atoms with Gasteiger partial charge in [0.15, 0.2) is 5.75 Å². The molecule has 0 aliphatic rings.